The second-order valence-electron chi connectivity index (χ2n) is 8.62. The van der Waals surface area contributed by atoms with Crippen LogP contribution in [0.2, 0.25) is 0 Å². The molecule has 2 saturated heterocycles. The van der Waals surface area contributed by atoms with E-state index in [9.17, 15) is 19.5 Å². The maximum absolute atomic E-state index is 13.6. The van der Waals surface area contributed by atoms with Crippen LogP contribution in [-0.2, 0) is 20.9 Å². The van der Waals surface area contributed by atoms with Gasteiger partial charge >= 0.3 is 12.1 Å². The average molecular weight is 472 g/mol. The summed E-state index contributed by atoms with van der Waals surface area (Å²) in [6.07, 6.45) is -0.488. The van der Waals surface area contributed by atoms with E-state index in [1.165, 1.54) is 5.01 Å². The summed E-state index contributed by atoms with van der Waals surface area (Å²) in [4.78, 5) is 38.5. The van der Waals surface area contributed by atoms with Gasteiger partial charge in [-0.1, -0.05) is 91.0 Å². The number of carboxylic acids is 1. The zero-order valence-corrected chi connectivity index (χ0v) is 18.9. The van der Waals surface area contributed by atoms with Gasteiger partial charge in [0.1, 0.15) is 18.7 Å². The van der Waals surface area contributed by atoms with Crippen molar-refractivity contribution in [3.05, 3.63) is 108 Å². The highest BCUT2D eigenvalue weighted by Crippen LogP contribution is 2.48. The van der Waals surface area contributed by atoms with E-state index >= 15 is 0 Å². The molecule has 4 atom stereocenters. The van der Waals surface area contributed by atoms with Crippen molar-refractivity contribution in [2.45, 2.75) is 37.2 Å². The summed E-state index contributed by atoms with van der Waals surface area (Å²) in [7, 11) is 0. The summed E-state index contributed by atoms with van der Waals surface area (Å²) >= 11 is 0. The molecule has 0 radical (unpaired) electrons. The fourth-order valence-electron chi connectivity index (χ4n) is 4.95. The Bertz CT molecular complexity index is 1210. The van der Waals surface area contributed by atoms with Crippen molar-refractivity contribution in [1.82, 2.24) is 15.3 Å². The first-order valence-electron chi connectivity index (χ1n) is 11.5. The van der Waals surface area contributed by atoms with Crippen molar-refractivity contribution in [3.8, 4) is 0 Å². The number of hydrogen-bond donors (Lipinski definition) is 2. The molecule has 0 bridgehead atoms. The summed E-state index contributed by atoms with van der Waals surface area (Å²) < 4.78 is 5.37. The monoisotopic (exact) mass is 471 g/mol. The largest absolute Gasteiger partial charge is 0.480 e. The molecule has 35 heavy (non-hydrogen) atoms. The molecule has 0 saturated carbocycles. The van der Waals surface area contributed by atoms with Crippen LogP contribution in [0.15, 0.2) is 91.0 Å². The summed E-state index contributed by atoms with van der Waals surface area (Å²) in [5.74, 6) is -1.55. The molecular weight excluding hydrogens is 446 g/mol. The Kier molecular flexibility index (Phi) is 6.20. The van der Waals surface area contributed by atoms with Gasteiger partial charge in [0.25, 0.3) is 5.91 Å². The summed E-state index contributed by atoms with van der Waals surface area (Å²) in [6.45, 7) is 0.0570. The molecule has 5 rings (SSSR count). The molecule has 3 aromatic carbocycles. The minimum absolute atomic E-state index is 0.0570. The van der Waals surface area contributed by atoms with E-state index in [1.54, 1.807) is 0 Å². The Balaban J connectivity index is 1.47. The van der Waals surface area contributed by atoms with E-state index in [-0.39, 0.29) is 19.1 Å². The molecule has 2 heterocycles. The molecule has 0 aliphatic carbocycles. The standard InChI is InChI=1S/C27H25N3O5/c31-25-23(28-27(34)35-17-18-10-4-1-5-11-18)24(20-14-8-3-9-15-20)29-21(19-12-6-2-7-13-19)16-22(26(32)33)30(25)29/h1-15,21-24H,16-17H2,(H,28,34)(H,32,33)/t21-,22-,23-,24-/m1/s1. The van der Waals surface area contributed by atoms with Gasteiger partial charge in [0.2, 0.25) is 0 Å². The topological polar surface area (TPSA) is 99.2 Å². The number of rotatable bonds is 6. The molecule has 2 fully saturated rings. The van der Waals surface area contributed by atoms with Gasteiger partial charge in [-0.3, -0.25) is 9.80 Å². The lowest BCUT2D eigenvalue weighted by Crippen LogP contribution is -2.47. The highest BCUT2D eigenvalue weighted by molar-refractivity contribution is 5.92. The van der Waals surface area contributed by atoms with Gasteiger partial charge in [-0.25, -0.2) is 14.6 Å². The van der Waals surface area contributed by atoms with E-state index < -0.39 is 36.1 Å². The summed E-state index contributed by atoms with van der Waals surface area (Å²) in [5.41, 5.74) is 2.52. The predicted octanol–water partition coefficient (Wildman–Crippen LogP) is 3.68. The molecule has 178 valence electrons. The molecule has 2 aliphatic heterocycles. The third-order valence-corrected chi connectivity index (χ3v) is 6.50. The maximum Gasteiger partial charge on any atom is 0.408 e. The van der Waals surface area contributed by atoms with Crippen LogP contribution in [0.1, 0.15) is 35.2 Å². The number of nitrogens with zero attached hydrogens (tertiary/aromatic N) is 2. The lowest BCUT2D eigenvalue weighted by molar-refractivity contribution is -0.155. The van der Waals surface area contributed by atoms with Crippen molar-refractivity contribution in [1.29, 1.82) is 0 Å². The molecule has 8 heteroatoms. The highest BCUT2D eigenvalue weighted by atomic mass is 16.5. The van der Waals surface area contributed by atoms with Gasteiger partial charge in [0.15, 0.2) is 0 Å². The third-order valence-electron chi connectivity index (χ3n) is 6.50. The fourth-order valence-corrected chi connectivity index (χ4v) is 4.95. The van der Waals surface area contributed by atoms with E-state index in [4.69, 9.17) is 4.74 Å². The number of hydrogen-bond acceptors (Lipinski definition) is 5. The van der Waals surface area contributed by atoms with Crippen molar-refractivity contribution in [3.63, 3.8) is 0 Å². The number of nitrogens with one attached hydrogen (secondary N) is 1. The zero-order chi connectivity index (χ0) is 24.4. The summed E-state index contributed by atoms with van der Waals surface area (Å²) in [6, 6.07) is 25.1. The van der Waals surface area contributed by atoms with Crippen LogP contribution in [0.4, 0.5) is 4.79 Å². The van der Waals surface area contributed by atoms with Crippen molar-refractivity contribution in [2.24, 2.45) is 0 Å². The lowest BCUT2D eigenvalue weighted by atomic mass is 9.94. The van der Waals surface area contributed by atoms with Gasteiger partial charge in [-0.2, -0.15) is 0 Å². The van der Waals surface area contributed by atoms with Crippen molar-refractivity contribution in [2.75, 3.05) is 0 Å². The number of fused-ring (bicyclic) bond motifs is 1. The Morgan fingerprint density at radius 1 is 0.886 bits per heavy atom. The number of carboxylic acid groups (broad SMARTS) is 1. The van der Waals surface area contributed by atoms with Gasteiger partial charge in [-0.05, 0) is 16.7 Å². The number of ether oxygens (including phenoxy) is 1. The first-order chi connectivity index (χ1) is 17.0. The fraction of sp³-hybridized carbons (Fsp3) is 0.222. The molecular formula is C27H25N3O5. The van der Waals surface area contributed by atoms with Crippen molar-refractivity contribution >= 4 is 18.0 Å². The number of hydrazine groups is 1. The number of alkyl carbamates (subject to hydrolysis) is 1. The molecule has 0 unspecified atom stereocenters. The van der Waals surface area contributed by atoms with E-state index in [0.29, 0.717) is 0 Å². The maximum atomic E-state index is 13.6. The molecule has 2 N–H and O–H groups in total. The smallest absolute Gasteiger partial charge is 0.408 e. The van der Waals surface area contributed by atoms with Crippen LogP contribution < -0.4 is 5.32 Å². The third kappa shape index (κ3) is 4.36. The SMILES string of the molecule is O=C(N[C@H]1C(=O)N2[C@@H](C(=O)O)C[C@H](c3ccccc3)N2[C@@H]1c1ccccc1)OCc1ccccc1. The zero-order valence-electron chi connectivity index (χ0n) is 18.9. The second-order valence-corrected chi connectivity index (χ2v) is 8.62. The first kappa shape index (κ1) is 22.6. The van der Waals surface area contributed by atoms with Crippen LogP contribution in [-0.4, -0.2) is 45.2 Å². The Labute approximate surface area is 202 Å². The second kappa shape index (κ2) is 9.60. The molecule has 0 aromatic heterocycles. The van der Waals surface area contributed by atoms with Gasteiger partial charge in [0.05, 0.1) is 12.1 Å². The normalized spacial score (nSPS) is 23.7. The van der Waals surface area contributed by atoms with Crippen molar-refractivity contribution < 1.29 is 24.2 Å². The minimum Gasteiger partial charge on any atom is -0.480 e. The van der Waals surface area contributed by atoms with Gasteiger partial charge in [0, 0.05) is 6.42 Å². The lowest BCUT2D eigenvalue weighted by Gasteiger charge is -2.32. The number of carbonyl (C=O) groups is 3. The molecule has 2 aliphatic rings. The summed E-state index contributed by atoms with van der Waals surface area (Å²) in [5, 5.41) is 15.8. The van der Waals surface area contributed by atoms with Crippen LogP contribution in [0.3, 0.4) is 0 Å². The van der Waals surface area contributed by atoms with Crippen LogP contribution in [0.5, 0.6) is 0 Å². The van der Waals surface area contributed by atoms with Gasteiger partial charge < -0.3 is 15.2 Å². The Morgan fingerprint density at radius 2 is 1.46 bits per heavy atom. The minimum atomic E-state index is -1.08. The number of aliphatic carboxylic acids is 1. The quantitative estimate of drug-likeness (QED) is 0.569. The molecule has 8 nitrogen and oxygen atoms in total. The number of benzene rings is 3. The Hall–Kier alpha value is -4.17. The Morgan fingerprint density at radius 3 is 2.06 bits per heavy atom. The molecule has 3 aromatic rings. The molecule has 2 amide bonds. The van der Waals surface area contributed by atoms with E-state index in [2.05, 4.69) is 5.32 Å². The number of carbonyl (C=O) groups excluding carboxylic acids is 2. The van der Waals surface area contributed by atoms with Crippen LogP contribution in [0.25, 0.3) is 0 Å². The van der Waals surface area contributed by atoms with E-state index in [0.717, 1.165) is 16.7 Å². The number of amides is 2. The average Bonchev–Trinajstić information content (AvgIpc) is 3.41. The first-order valence-corrected chi connectivity index (χ1v) is 11.5. The molecule has 0 spiro atoms. The predicted molar refractivity (Wildman–Crippen MR) is 127 cm³/mol. The van der Waals surface area contributed by atoms with Gasteiger partial charge in [-0.15, -0.1) is 0 Å². The van der Waals surface area contributed by atoms with Crippen LogP contribution in [0, 0.1) is 0 Å². The van der Waals surface area contributed by atoms with E-state index in [1.807, 2.05) is 96.0 Å². The highest BCUT2D eigenvalue weighted by Gasteiger charge is 2.59. The van der Waals surface area contributed by atoms with Crippen LogP contribution >= 0.6 is 0 Å².